The Morgan fingerprint density at radius 1 is 1.18 bits per heavy atom. The first-order valence-corrected chi connectivity index (χ1v) is 5.39. The number of nitrogens with two attached hydrogens (primary N) is 2. The summed E-state index contributed by atoms with van der Waals surface area (Å²) in [5.41, 5.74) is 10.8. The fourth-order valence-electron chi connectivity index (χ4n) is 1.07. The number of carboxylic acids is 1. The average Bonchev–Trinajstić information content (AvgIpc) is 2.26. The Balaban J connectivity index is 3.82. The molecule has 0 aromatic carbocycles. The number of carbonyl (C=O) groups is 3. The van der Waals surface area contributed by atoms with Crippen LogP contribution in [0.15, 0.2) is 0 Å². The Hall–Kier alpha value is -1.47. The fourth-order valence-corrected chi connectivity index (χ4v) is 1.07. The molecule has 0 amide bonds. The molecule has 7 nitrogen and oxygen atoms in total. The van der Waals surface area contributed by atoms with Gasteiger partial charge in [-0.1, -0.05) is 6.42 Å². The molecule has 0 spiro atoms. The second kappa shape index (κ2) is 8.66. The molecule has 0 aliphatic heterocycles. The first-order valence-electron chi connectivity index (χ1n) is 5.39. The first kappa shape index (κ1) is 15.5. The summed E-state index contributed by atoms with van der Waals surface area (Å²) >= 11 is 0. The summed E-state index contributed by atoms with van der Waals surface area (Å²) in [7, 11) is 0. The van der Waals surface area contributed by atoms with Crippen LogP contribution in [0.25, 0.3) is 0 Å². The minimum absolute atomic E-state index is 0.337. The molecule has 0 saturated carbocycles. The molecule has 5 N–H and O–H groups in total. The highest BCUT2D eigenvalue weighted by atomic mass is 16.6. The van der Waals surface area contributed by atoms with E-state index in [2.05, 4.69) is 4.74 Å². The van der Waals surface area contributed by atoms with Gasteiger partial charge in [-0.05, 0) is 19.4 Å². The lowest BCUT2D eigenvalue weighted by Gasteiger charge is -2.09. The van der Waals surface area contributed by atoms with E-state index in [1.54, 1.807) is 0 Å². The van der Waals surface area contributed by atoms with Crippen LogP contribution in [0.2, 0.25) is 0 Å². The number of unbranched alkanes of at least 4 members (excludes halogenated alkanes) is 1. The molecule has 7 heteroatoms. The minimum Gasteiger partial charge on any atom is -0.481 e. The van der Waals surface area contributed by atoms with Gasteiger partial charge < -0.3 is 21.3 Å². The lowest BCUT2D eigenvalue weighted by molar-refractivity contribution is -0.162. The van der Waals surface area contributed by atoms with Crippen molar-refractivity contribution in [1.29, 1.82) is 0 Å². The number of hydrogen-bond donors (Lipinski definition) is 3. The molecule has 0 aliphatic carbocycles. The van der Waals surface area contributed by atoms with Crippen LogP contribution in [-0.4, -0.2) is 35.6 Å². The van der Waals surface area contributed by atoms with E-state index in [0.29, 0.717) is 19.4 Å². The molecule has 0 saturated heterocycles. The zero-order valence-electron chi connectivity index (χ0n) is 9.55. The highest BCUT2D eigenvalue weighted by molar-refractivity contribution is 5.89. The molecule has 0 aromatic rings. The van der Waals surface area contributed by atoms with Gasteiger partial charge in [-0.3, -0.25) is 9.59 Å². The van der Waals surface area contributed by atoms with E-state index in [9.17, 15) is 14.4 Å². The van der Waals surface area contributed by atoms with Crippen LogP contribution in [0.3, 0.4) is 0 Å². The first-order chi connectivity index (χ1) is 7.97. The number of carbonyl (C=O) groups excluding carboxylic acids is 2. The zero-order chi connectivity index (χ0) is 13.3. The van der Waals surface area contributed by atoms with Crippen molar-refractivity contribution in [2.24, 2.45) is 11.5 Å². The van der Waals surface area contributed by atoms with Gasteiger partial charge in [0.25, 0.3) is 0 Å². The predicted molar refractivity (Wildman–Crippen MR) is 58.8 cm³/mol. The van der Waals surface area contributed by atoms with Crippen molar-refractivity contribution in [3.05, 3.63) is 0 Å². The van der Waals surface area contributed by atoms with Crippen molar-refractivity contribution >= 4 is 17.9 Å². The molecule has 0 fully saturated rings. The summed E-state index contributed by atoms with van der Waals surface area (Å²) < 4.78 is 4.40. The lowest BCUT2D eigenvalue weighted by Crippen LogP contribution is -2.33. The number of ether oxygens (including phenoxy) is 1. The molecule has 0 unspecified atom stereocenters. The predicted octanol–water partition coefficient (Wildman–Crippen LogP) is -0.623. The fraction of sp³-hybridized carbons (Fsp3) is 0.700. The van der Waals surface area contributed by atoms with E-state index in [1.807, 2.05) is 0 Å². The number of rotatable bonds is 8. The normalized spacial score (nSPS) is 11.9. The topological polar surface area (TPSA) is 133 Å². The molecule has 0 rings (SSSR count). The summed E-state index contributed by atoms with van der Waals surface area (Å²) in [6.45, 7) is 0.513. The van der Waals surface area contributed by atoms with Gasteiger partial charge in [0.2, 0.25) is 0 Å². The summed E-state index contributed by atoms with van der Waals surface area (Å²) in [6, 6.07) is -0.865. The number of aliphatic carboxylic acids is 1. The van der Waals surface area contributed by atoms with Gasteiger partial charge in [-0.15, -0.1) is 0 Å². The Morgan fingerprint density at radius 2 is 1.82 bits per heavy atom. The lowest BCUT2D eigenvalue weighted by atomic mass is 10.1. The van der Waals surface area contributed by atoms with Crippen LogP contribution in [0, 0.1) is 0 Å². The SMILES string of the molecule is NCCCC[C@H](N)C(=O)OC(=O)CCC(=O)O. The maximum atomic E-state index is 11.2. The Kier molecular flexibility index (Phi) is 7.91. The van der Waals surface area contributed by atoms with Crippen molar-refractivity contribution in [3.63, 3.8) is 0 Å². The van der Waals surface area contributed by atoms with Crippen LogP contribution in [-0.2, 0) is 19.1 Å². The van der Waals surface area contributed by atoms with Gasteiger partial charge in [0, 0.05) is 0 Å². The maximum absolute atomic E-state index is 11.2. The maximum Gasteiger partial charge on any atom is 0.330 e. The van der Waals surface area contributed by atoms with Gasteiger partial charge in [0.05, 0.1) is 12.8 Å². The van der Waals surface area contributed by atoms with E-state index < -0.39 is 23.9 Å². The van der Waals surface area contributed by atoms with Crippen LogP contribution in [0.1, 0.15) is 32.1 Å². The van der Waals surface area contributed by atoms with E-state index in [4.69, 9.17) is 16.6 Å². The highest BCUT2D eigenvalue weighted by Crippen LogP contribution is 2.01. The van der Waals surface area contributed by atoms with Crippen molar-refractivity contribution < 1.29 is 24.2 Å². The Labute approximate surface area is 99.1 Å². The van der Waals surface area contributed by atoms with Crippen LogP contribution in [0.5, 0.6) is 0 Å². The number of hydrogen-bond acceptors (Lipinski definition) is 6. The quantitative estimate of drug-likeness (QED) is 0.295. The van der Waals surface area contributed by atoms with Gasteiger partial charge in [-0.25, -0.2) is 4.79 Å². The van der Waals surface area contributed by atoms with Crippen LogP contribution >= 0.6 is 0 Å². The second-order valence-corrected chi connectivity index (χ2v) is 3.58. The van der Waals surface area contributed by atoms with Crippen molar-refractivity contribution in [2.45, 2.75) is 38.1 Å². The van der Waals surface area contributed by atoms with Gasteiger partial charge in [-0.2, -0.15) is 0 Å². The molecule has 0 aromatic heterocycles. The third kappa shape index (κ3) is 8.35. The monoisotopic (exact) mass is 246 g/mol. The standard InChI is InChI=1S/C10H18N2O5/c11-6-2-1-3-7(12)10(16)17-9(15)5-4-8(13)14/h7H,1-6,11-12H2,(H,13,14)/t7-/m0/s1. The van der Waals surface area contributed by atoms with Crippen molar-refractivity contribution in [1.82, 2.24) is 0 Å². The molecule has 98 valence electrons. The summed E-state index contributed by atoms with van der Waals surface area (Å²) in [5, 5.41) is 8.32. The zero-order valence-corrected chi connectivity index (χ0v) is 9.55. The third-order valence-corrected chi connectivity index (χ3v) is 2.03. The van der Waals surface area contributed by atoms with E-state index in [-0.39, 0.29) is 12.8 Å². The summed E-state index contributed by atoms with van der Waals surface area (Å²) in [5.74, 6) is -2.81. The molecule has 0 aliphatic rings. The molecular formula is C10H18N2O5. The highest BCUT2D eigenvalue weighted by Gasteiger charge is 2.18. The summed E-state index contributed by atoms with van der Waals surface area (Å²) in [6.07, 6.45) is 1.11. The second-order valence-electron chi connectivity index (χ2n) is 3.58. The van der Waals surface area contributed by atoms with Crippen molar-refractivity contribution in [3.8, 4) is 0 Å². The molecule has 17 heavy (non-hydrogen) atoms. The molecule has 1 atom stereocenters. The van der Waals surface area contributed by atoms with Crippen LogP contribution < -0.4 is 11.5 Å². The van der Waals surface area contributed by atoms with Crippen molar-refractivity contribution in [2.75, 3.05) is 6.54 Å². The van der Waals surface area contributed by atoms with Gasteiger partial charge in [0.15, 0.2) is 0 Å². The average molecular weight is 246 g/mol. The molecule has 0 heterocycles. The van der Waals surface area contributed by atoms with E-state index in [0.717, 1.165) is 6.42 Å². The van der Waals surface area contributed by atoms with Gasteiger partial charge in [0.1, 0.15) is 6.04 Å². The third-order valence-electron chi connectivity index (χ3n) is 2.03. The molecular weight excluding hydrogens is 228 g/mol. The minimum atomic E-state index is -1.12. The number of esters is 2. The van der Waals surface area contributed by atoms with Crippen LogP contribution in [0.4, 0.5) is 0 Å². The Bertz CT molecular complexity index is 280. The largest absolute Gasteiger partial charge is 0.481 e. The van der Waals surface area contributed by atoms with E-state index >= 15 is 0 Å². The molecule has 0 radical (unpaired) electrons. The Morgan fingerprint density at radius 3 is 2.35 bits per heavy atom. The van der Waals surface area contributed by atoms with E-state index in [1.165, 1.54) is 0 Å². The smallest absolute Gasteiger partial charge is 0.330 e. The summed E-state index contributed by atoms with van der Waals surface area (Å²) in [4.78, 5) is 32.4. The number of carboxylic acid groups (broad SMARTS) is 1. The molecule has 0 bridgehead atoms. The van der Waals surface area contributed by atoms with Gasteiger partial charge >= 0.3 is 17.9 Å².